The van der Waals surface area contributed by atoms with Crippen LogP contribution in [-0.4, -0.2) is 25.2 Å². The summed E-state index contributed by atoms with van der Waals surface area (Å²) in [7, 11) is 0. The van der Waals surface area contributed by atoms with Crippen LogP contribution in [0.1, 0.15) is 39.5 Å². The summed E-state index contributed by atoms with van der Waals surface area (Å²) in [5.41, 5.74) is 2.09. The number of nitrogens with one attached hydrogen (secondary N) is 2. The molecule has 0 unspecified atom stereocenters. The molecule has 4 heteroatoms. The molecule has 0 aromatic heterocycles. The standard InChI is InChI=1S/C16H25N3O/c1-13(2)17-16(20)18-14-7-9-15(10-8-14)19-11-5-3-4-6-12-19/h7-10,13H,3-6,11-12H2,1-2H3,(H2,17,18,20). The number of carbonyl (C=O) groups is 1. The molecule has 0 atom stereocenters. The number of nitrogens with zero attached hydrogens (tertiary/aromatic N) is 1. The van der Waals surface area contributed by atoms with Gasteiger partial charge in [-0.25, -0.2) is 4.79 Å². The largest absolute Gasteiger partial charge is 0.372 e. The van der Waals surface area contributed by atoms with E-state index in [0.717, 1.165) is 18.8 Å². The van der Waals surface area contributed by atoms with Crippen LogP contribution in [0.25, 0.3) is 0 Å². The molecule has 1 aromatic carbocycles. The summed E-state index contributed by atoms with van der Waals surface area (Å²) in [5, 5.41) is 5.66. The zero-order valence-corrected chi connectivity index (χ0v) is 12.5. The topological polar surface area (TPSA) is 44.4 Å². The van der Waals surface area contributed by atoms with E-state index >= 15 is 0 Å². The monoisotopic (exact) mass is 275 g/mol. The fraction of sp³-hybridized carbons (Fsp3) is 0.562. The number of carbonyl (C=O) groups excluding carboxylic acids is 1. The molecule has 0 bridgehead atoms. The van der Waals surface area contributed by atoms with Crippen molar-refractivity contribution in [1.82, 2.24) is 5.32 Å². The van der Waals surface area contributed by atoms with Crippen molar-refractivity contribution < 1.29 is 4.79 Å². The number of hydrogen-bond donors (Lipinski definition) is 2. The molecule has 2 amide bonds. The summed E-state index contributed by atoms with van der Waals surface area (Å²) < 4.78 is 0. The maximum Gasteiger partial charge on any atom is 0.319 e. The van der Waals surface area contributed by atoms with E-state index in [9.17, 15) is 4.79 Å². The van der Waals surface area contributed by atoms with Crippen LogP contribution in [0.3, 0.4) is 0 Å². The van der Waals surface area contributed by atoms with E-state index in [1.165, 1.54) is 31.4 Å². The van der Waals surface area contributed by atoms with E-state index in [1.807, 2.05) is 26.0 Å². The number of rotatable bonds is 3. The number of amides is 2. The van der Waals surface area contributed by atoms with Crippen molar-refractivity contribution in [3.63, 3.8) is 0 Å². The van der Waals surface area contributed by atoms with Gasteiger partial charge < -0.3 is 15.5 Å². The van der Waals surface area contributed by atoms with E-state index < -0.39 is 0 Å². The van der Waals surface area contributed by atoms with Crippen LogP contribution in [0.15, 0.2) is 24.3 Å². The molecule has 1 aliphatic heterocycles. The number of benzene rings is 1. The normalized spacial score (nSPS) is 15.8. The molecule has 0 aliphatic carbocycles. The minimum Gasteiger partial charge on any atom is -0.372 e. The molecule has 1 aromatic rings. The molecular weight excluding hydrogens is 250 g/mol. The lowest BCUT2D eigenvalue weighted by Gasteiger charge is -2.22. The van der Waals surface area contributed by atoms with Gasteiger partial charge in [0.1, 0.15) is 0 Å². The van der Waals surface area contributed by atoms with E-state index in [4.69, 9.17) is 0 Å². The van der Waals surface area contributed by atoms with Crippen LogP contribution >= 0.6 is 0 Å². The molecule has 0 saturated carbocycles. The number of urea groups is 1. The van der Waals surface area contributed by atoms with Crippen molar-refractivity contribution in [2.24, 2.45) is 0 Å². The van der Waals surface area contributed by atoms with Crippen LogP contribution in [0, 0.1) is 0 Å². The third-order valence-corrected chi connectivity index (χ3v) is 3.52. The van der Waals surface area contributed by atoms with Crippen molar-refractivity contribution in [1.29, 1.82) is 0 Å². The molecule has 20 heavy (non-hydrogen) atoms. The first-order valence-electron chi connectivity index (χ1n) is 7.57. The van der Waals surface area contributed by atoms with Gasteiger partial charge in [0.05, 0.1) is 0 Å². The third kappa shape index (κ3) is 4.44. The predicted molar refractivity (Wildman–Crippen MR) is 84.4 cm³/mol. The van der Waals surface area contributed by atoms with E-state index in [-0.39, 0.29) is 12.1 Å². The van der Waals surface area contributed by atoms with Crippen LogP contribution in [-0.2, 0) is 0 Å². The van der Waals surface area contributed by atoms with Gasteiger partial charge in [0.25, 0.3) is 0 Å². The lowest BCUT2D eigenvalue weighted by molar-refractivity contribution is 0.250. The van der Waals surface area contributed by atoms with Gasteiger partial charge in [0.2, 0.25) is 0 Å². The molecule has 0 radical (unpaired) electrons. The zero-order valence-electron chi connectivity index (χ0n) is 12.5. The number of hydrogen-bond acceptors (Lipinski definition) is 2. The smallest absolute Gasteiger partial charge is 0.319 e. The Bertz CT molecular complexity index is 420. The summed E-state index contributed by atoms with van der Waals surface area (Å²) in [6.45, 7) is 6.17. The first-order chi connectivity index (χ1) is 9.65. The summed E-state index contributed by atoms with van der Waals surface area (Å²) >= 11 is 0. The lowest BCUT2D eigenvalue weighted by Crippen LogP contribution is -2.34. The van der Waals surface area contributed by atoms with Crippen LogP contribution in [0.2, 0.25) is 0 Å². The van der Waals surface area contributed by atoms with E-state index in [1.54, 1.807) is 0 Å². The third-order valence-electron chi connectivity index (χ3n) is 3.52. The van der Waals surface area contributed by atoms with Crippen molar-refractivity contribution >= 4 is 17.4 Å². The van der Waals surface area contributed by atoms with Gasteiger partial charge >= 0.3 is 6.03 Å². The van der Waals surface area contributed by atoms with Gasteiger partial charge in [-0.05, 0) is 51.0 Å². The Hall–Kier alpha value is -1.71. The van der Waals surface area contributed by atoms with Crippen LogP contribution in [0.4, 0.5) is 16.2 Å². The van der Waals surface area contributed by atoms with Crippen LogP contribution < -0.4 is 15.5 Å². The highest BCUT2D eigenvalue weighted by Crippen LogP contribution is 2.21. The molecule has 2 rings (SSSR count). The fourth-order valence-electron chi connectivity index (χ4n) is 2.51. The van der Waals surface area contributed by atoms with Gasteiger partial charge in [0, 0.05) is 30.5 Å². The second-order valence-electron chi connectivity index (χ2n) is 5.70. The summed E-state index contributed by atoms with van der Waals surface area (Å²) in [6, 6.07) is 8.13. The fourth-order valence-corrected chi connectivity index (χ4v) is 2.51. The van der Waals surface area contributed by atoms with Gasteiger partial charge in [-0.1, -0.05) is 12.8 Å². The average molecular weight is 275 g/mol. The summed E-state index contributed by atoms with van der Waals surface area (Å²) in [4.78, 5) is 14.1. The highest BCUT2D eigenvalue weighted by atomic mass is 16.2. The first-order valence-corrected chi connectivity index (χ1v) is 7.57. The molecule has 0 spiro atoms. The molecule has 110 valence electrons. The molecule has 2 N–H and O–H groups in total. The van der Waals surface area contributed by atoms with Gasteiger partial charge in [-0.2, -0.15) is 0 Å². The molecular formula is C16H25N3O. The van der Waals surface area contributed by atoms with Gasteiger partial charge in [-0.3, -0.25) is 0 Å². The minimum absolute atomic E-state index is 0.145. The van der Waals surface area contributed by atoms with Crippen LogP contribution in [0.5, 0.6) is 0 Å². The maximum atomic E-state index is 11.6. The Morgan fingerprint density at radius 3 is 2.20 bits per heavy atom. The molecule has 1 heterocycles. The maximum absolute atomic E-state index is 11.6. The Labute approximate surface area is 121 Å². The van der Waals surface area contributed by atoms with Gasteiger partial charge in [0.15, 0.2) is 0 Å². The molecule has 1 saturated heterocycles. The Morgan fingerprint density at radius 1 is 1.05 bits per heavy atom. The Morgan fingerprint density at radius 2 is 1.65 bits per heavy atom. The van der Waals surface area contributed by atoms with Crippen molar-refractivity contribution in [2.45, 2.75) is 45.6 Å². The molecule has 4 nitrogen and oxygen atoms in total. The quantitative estimate of drug-likeness (QED) is 0.885. The predicted octanol–water partition coefficient (Wildman–Crippen LogP) is 3.60. The highest BCUT2D eigenvalue weighted by molar-refractivity contribution is 5.89. The first kappa shape index (κ1) is 14.7. The summed E-state index contributed by atoms with van der Waals surface area (Å²) in [6.07, 6.45) is 5.23. The lowest BCUT2D eigenvalue weighted by atomic mass is 10.2. The second kappa shape index (κ2) is 7.17. The zero-order chi connectivity index (χ0) is 14.4. The average Bonchev–Trinajstić information content (AvgIpc) is 2.67. The van der Waals surface area contributed by atoms with Crippen molar-refractivity contribution in [3.05, 3.63) is 24.3 Å². The van der Waals surface area contributed by atoms with Crippen molar-refractivity contribution in [3.8, 4) is 0 Å². The SMILES string of the molecule is CC(C)NC(=O)Nc1ccc(N2CCCCCC2)cc1. The van der Waals surface area contributed by atoms with Gasteiger partial charge in [-0.15, -0.1) is 0 Å². The minimum atomic E-state index is -0.150. The highest BCUT2D eigenvalue weighted by Gasteiger charge is 2.10. The Kier molecular flexibility index (Phi) is 5.27. The van der Waals surface area contributed by atoms with E-state index in [0.29, 0.717) is 0 Å². The number of anilines is 2. The van der Waals surface area contributed by atoms with Crippen molar-refractivity contribution in [2.75, 3.05) is 23.3 Å². The molecule has 1 fully saturated rings. The summed E-state index contributed by atoms with van der Waals surface area (Å²) in [5.74, 6) is 0. The van der Waals surface area contributed by atoms with E-state index in [2.05, 4.69) is 27.7 Å². The Balaban J connectivity index is 1.93. The second-order valence-corrected chi connectivity index (χ2v) is 5.70. The molecule has 1 aliphatic rings.